The second kappa shape index (κ2) is 7.42. The predicted octanol–water partition coefficient (Wildman–Crippen LogP) is 2.86. The number of hydrogen-bond donors (Lipinski definition) is 1. The second-order valence-corrected chi connectivity index (χ2v) is 3.12. The number of thiol groups is 1. The highest BCUT2D eigenvalue weighted by atomic mass is 32.1. The van der Waals surface area contributed by atoms with Gasteiger partial charge in [0.15, 0.2) is 0 Å². The van der Waals surface area contributed by atoms with Crippen molar-refractivity contribution >= 4 is 12.6 Å². The van der Waals surface area contributed by atoms with E-state index in [2.05, 4.69) is 19.6 Å². The van der Waals surface area contributed by atoms with Crippen molar-refractivity contribution in [1.29, 1.82) is 0 Å². The highest BCUT2D eigenvalue weighted by Crippen LogP contribution is 2.09. The van der Waals surface area contributed by atoms with E-state index in [1.165, 1.54) is 25.7 Å². The van der Waals surface area contributed by atoms with Crippen molar-refractivity contribution in [3.05, 3.63) is 0 Å². The molecule has 10 heavy (non-hydrogen) atoms. The maximum Gasteiger partial charge on any atom is 0.0995 e. The van der Waals surface area contributed by atoms with Gasteiger partial charge in [0, 0.05) is 7.11 Å². The molecule has 0 N–H and O–H groups in total. The van der Waals surface area contributed by atoms with E-state index < -0.39 is 0 Å². The summed E-state index contributed by atoms with van der Waals surface area (Å²) in [6.07, 6.45) is 6.28. The van der Waals surface area contributed by atoms with Crippen molar-refractivity contribution in [3.63, 3.8) is 0 Å². The molecular formula is C8H18OS. The van der Waals surface area contributed by atoms with Crippen molar-refractivity contribution < 1.29 is 4.74 Å². The van der Waals surface area contributed by atoms with Gasteiger partial charge in [0.1, 0.15) is 0 Å². The van der Waals surface area contributed by atoms with Crippen LogP contribution in [-0.2, 0) is 4.74 Å². The predicted molar refractivity (Wildman–Crippen MR) is 48.5 cm³/mol. The summed E-state index contributed by atoms with van der Waals surface area (Å²) < 4.78 is 4.99. The molecule has 0 rings (SSSR count). The summed E-state index contributed by atoms with van der Waals surface area (Å²) in [5.41, 5.74) is 0.150. The highest BCUT2D eigenvalue weighted by Gasteiger charge is 1.97. The first-order valence-electron chi connectivity index (χ1n) is 4.02. The molecule has 0 aliphatic heterocycles. The van der Waals surface area contributed by atoms with Crippen LogP contribution in [0.1, 0.15) is 39.0 Å². The van der Waals surface area contributed by atoms with Crippen LogP contribution in [0.25, 0.3) is 0 Å². The minimum absolute atomic E-state index is 0.150. The van der Waals surface area contributed by atoms with Crippen molar-refractivity contribution in [2.75, 3.05) is 7.11 Å². The third kappa shape index (κ3) is 6.43. The normalized spacial score (nSPS) is 13.5. The fraction of sp³-hybridized carbons (Fsp3) is 1.00. The molecule has 0 saturated carbocycles. The Morgan fingerprint density at radius 1 is 1.30 bits per heavy atom. The molecule has 0 aromatic rings. The lowest BCUT2D eigenvalue weighted by Gasteiger charge is -2.06. The standard InChI is InChI=1S/C8H18OS/c1-3-4-5-6-7-8(10)9-2/h8,10H,3-7H2,1-2H3. The zero-order chi connectivity index (χ0) is 7.82. The molecule has 2 heteroatoms. The molecule has 0 aromatic heterocycles. The van der Waals surface area contributed by atoms with E-state index in [1.54, 1.807) is 7.11 Å². The van der Waals surface area contributed by atoms with E-state index >= 15 is 0 Å². The Labute approximate surface area is 69.6 Å². The smallest absolute Gasteiger partial charge is 0.0995 e. The lowest BCUT2D eigenvalue weighted by molar-refractivity contribution is 0.165. The van der Waals surface area contributed by atoms with Crippen LogP contribution in [-0.4, -0.2) is 12.5 Å². The third-order valence-electron chi connectivity index (χ3n) is 1.58. The van der Waals surface area contributed by atoms with Gasteiger partial charge in [-0.05, 0) is 6.42 Å². The van der Waals surface area contributed by atoms with Crippen LogP contribution in [0.4, 0.5) is 0 Å². The maximum atomic E-state index is 4.99. The van der Waals surface area contributed by atoms with Crippen LogP contribution in [0, 0.1) is 0 Å². The molecule has 0 aliphatic rings. The molecule has 62 valence electrons. The van der Waals surface area contributed by atoms with E-state index in [0.29, 0.717) is 0 Å². The van der Waals surface area contributed by atoms with Gasteiger partial charge < -0.3 is 4.74 Å². The third-order valence-corrected chi connectivity index (χ3v) is 2.05. The SMILES string of the molecule is CCCCCCC(S)OC. The minimum atomic E-state index is 0.150. The van der Waals surface area contributed by atoms with Crippen molar-refractivity contribution in [3.8, 4) is 0 Å². The molecule has 0 spiro atoms. The van der Waals surface area contributed by atoms with Crippen molar-refractivity contribution in [2.45, 2.75) is 44.5 Å². The minimum Gasteiger partial charge on any atom is -0.371 e. The van der Waals surface area contributed by atoms with Gasteiger partial charge in [-0.15, -0.1) is 12.6 Å². The van der Waals surface area contributed by atoms with Crippen molar-refractivity contribution in [2.24, 2.45) is 0 Å². The summed E-state index contributed by atoms with van der Waals surface area (Å²) in [4.78, 5) is 0. The number of unbranched alkanes of at least 4 members (excludes halogenated alkanes) is 3. The van der Waals surface area contributed by atoms with Gasteiger partial charge in [-0.25, -0.2) is 0 Å². The average Bonchev–Trinajstić information content (AvgIpc) is 1.98. The van der Waals surface area contributed by atoms with E-state index in [9.17, 15) is 0 Å². The Kier molecular flexibility index (Phi) is 7.65. The number of hydrogen-bond acceptors (Lipinski definition) is 2. The van der Waals surface area contributed by atoms with E-state index in [-0.39, 0.29) is 5.44 Å². The summed E-state index contributed by atoms with van der Waals surface area (Å²) in [5, 5.41) is 0. The van der Waals surface area contributed by atoms with Gasteiger partial charge in [-0.2, -0.15) is 0 Å². The van der Waals surface area contributed by atoms with Crippen LogP contribution >= 0.6 is 12.6 Å². The molecule has 1 nitrogen and oxygen atoms in total. The monoisotopic (exact) mass is 162 g/mol. The summed E-state index contributed by atoms with van der Waals surface area (Å²) in [7, 11) is 1.71. The van der Waals surface area contributed by atoms with Gasteiger partial charge in [0.2, 0.25) is 0 Å². The first kappa shape index (κ1) is 10.3. The summed E-state index contributed by atoms with van der Waals surface area (Å²) >= 11 is 4.21. The summed E-state index contributed by atoms with van der Waals surface area (Å²) in [5.74, 6) is 0. The lowest BCUT2D eigenvalue weighted by atomic mass is 10.2. The Morgan fingerprint density at radius 2 is 2.00 bits per heavy atom. The zero-order valence-corrected chi connectivity index (χ0v) is 7.86. The van der Waals surface area contributed by atoms with Gasteiger partial charge in [-0.3, -0.25) is 0 Å². The molecule has 0 saturated heterocycles. The number of ether oxygens (including phenoxy) is 1. The van der Waals surface area contributed by atoms with Gasteiger partial charge in [0.05, 0.1) is 5.44 Å². The topological polar surface area (TPSA) is 9.23 Å². The summed E-state index contributed by atoms with van der Waals surface area (Å²) in [6.45, 7) is 2.22. The first-order valence-corrected chi connectivity index (χ1v) is 4.53. The van der Waals surface area contributed by atoms with Crippen molar-refractivity contribution in [1.82, 2.24) is 0 Å². The average molecular weight is 162 g/mol. The van der Waals surface area contributed by atoms with Crippen LogP contribution in [0.3, 0.4) is 0 Å². The molecule has 0 aliphatic carbocycles. The molecule has 1 atom stereocenters. The molecule has 0 amide bonds. The Balaban J connectivity index is 2.89. The van der Waals surface area contributed by atoms with Crippen LogP contribution < -0.4 is 0 Å². The van der Waals surface area contributed by atoms with E-state index in [1.807, 2.05) is 0 Å². The molecular weight excluding hydrogens is 144 g/mol. The van der Waals surface area contributed by atoms with Crippen LogP contribution in [0.5, 0.6) is 0 Å². The number of rotatable bonds is 6. The molecule has 0 fully saturated rings. The van der Waals surface area contributed by atoms with Crippen LogP contribution in [0.15, 0.2) is 0 Å². The van der Waals surface area contributed by atoms with Gasteiger partial charge in [-0.1, -0.05) is 32.6 Å². The Bertz CT molecular complexity index is 66.3. The van der Waals surface area contributed by atoms with Gasteiger partial charge >= 0.3 is 0 Å². The highest BCUT2D eigenvalue weighted by molar-refractivity contribution is 7.80. The number of methoxy groups -OCH3 is 1. The quantitative estimate of drug-likeness (QED) is 0.359. The fourth-order valence-corrected chi connectivity index (χ4v) is 1.05. The zero-order valence-electron chi connectivity index (χ0n) is 6.97. The molecule has 0 heterocycles. The lowest BCUT2D eigenvalue weighted by Crippen LogP contribution is -2.00. The maximum absolute atomic E-state index is 4.99. The second-order valence-electron chi connectivity index (χ2n) is 2.54. The Hall–Kier alpha value is 0.310. The molecule has 0 radical (unpaired) electrons. The molecule has 0 aromatic carbocycles. The Morgan fingerprint density at radius 3 is 2.50 bits per heavy atom. The molecule has 1 unspecified atom stereocenters. The van der Waals surface area contributed by atoms with Crippen LogP contribution in [0.2, 0.25) is 0 Å². The fourth-order valence-electron chi connectivity index (χ4n) is 0.864. The molecule has 0 bridgehead atoms. The summed E-state index contributed by atoms with van der Waals surface area (Å²) in [6, 6.07) is 0. The van der Waals surface area contributed by atoms with Gasteiger partial charge in [0.25, 0.3) is 0 Å². The first-order chi connectivity index (χ1) is 4.81. The van der Waals surface area contributed by atoms with E-state index in [4.69, 9.17) is 4.74 Å². The largest absolute Gasteiger partial charge is 0.371 e. The van der Waals surface area contributed by atoms with E-state index in [0.717, 1.165) is 6.42 Å².